The number of piperidine rings is 1. The van der Waals surface area contributed by atoms with E-state index in [9.17, 15) is 0 Å². The van der Waals surface area contributed by atoms with E-state index in [1.165, 1.54) is 51.9 Å². The van der Waals surface area contributed by atoms with Crippen LogP contribution in [0.1, 0.15) is 31.5 Å². The fourth-order valence-electron chi connectivity index (χ4n) is 3.40. The standard InChI is InChI=1S/C14H25N5/c1-13-16-15-12-19(13)11-10-17-8-4-14(5-9-17)18-6-2-3-7-18/h12,14H,2-11H2,1H3. The Labute approximate surface area is 115 Å². The summed E-state index contributed by atoms with van der Waals surface area (Å²) in [5.74, 6) is 1.02. The minimum atomic E-state index is 0.857. The highest BCUT2D eigenvalue weighted by molar-refractivity contribution is 4.84. The number of likely N-dealkylation sites (tertiary alicyclic amines) is 2. The summed E-state index contributed by atoms with van der Waals surface area (Å²) < 4.78 is 2.15. The lowest BCUT2D eigenvalue weighted by molar-refractivity contribution is 0.124. The first kappa shape index (κ1) is 13.1. The average molecular weight is 263 g/mol. The van der Waals surface area contributed by atoms with E-state index in [-0.39, 0.29) is 0 Å². The molecule has 3 rings (SSSR count). The number of hydrogen-bond donors (Lipinski definition) is 0. The van der Waals surface area contributed by atoms with Crippen molar-refractivity contribution in [3.8, 4) is 0 Å². The van der Waals surface area contributed by atoms with Crippen LogP contribution < -0.4 is 0 Å². The summed E-state index contributed by atoms with van der Waals surface area (Å²) in [5.41, 5.74) is 0. The summed E-state index contributed by atoms with van der Waals surface area (Å²) in [5, 5.41) is 7.97. The lowest BCUT2D eigenvalue weighted by atomic mass is 10.0. The van der Waals surface area contributed by atoms with Gasteiger partial charge in [-0.15, -0.1) is 10.2 Å². The van der Waals surface area contributed by atoms with Crippen molar-refractivity contribution >= 4 is 0 Å². The molecule has 106 valence electrons. The van der Waals surface area contributed by atoms with Gasteiger partial charge in [0.25, 0.3) is 0 Å². The highest BCUT2D eigenvalue weighted by atomic mass is 15.3. The van der Waals surface area contributed by atoms with Crippen molar-refractivity contribution in [2.75, 3.05) is 32.7 Å². The Morgan fingerprint density at radius 1 is 1.11 bits per heavy atom. The normalized spacial score (nSPS) is 23.2. The van der Waals surface area contributed by atoms with Crippen molar-refractivity contribution in [1.29, 1.82) is 0 Å². The molecule has 2 saturated heterocycles. The minimum absolute atomic E-state index is 0.857. The molecule has 5 heteroatoms. The Morgan fingerprint density at radius 3 is 2.47 bits per heavy atom. The van der Waals surface area contributed by atoms with Crippen molar-refractivity contribution in [2.45, 2.75) is 45.2 Å². The molecule has 0 amide bonds. The number of aryl methyl sites for hydroxylation is 1. The zero-order valence-corrected chi connectivity index (χ0v) is 12.0. The van der Waals surface area contributed by atoms with Gasteiger partial charge in [0.15, 0.2) is 0 Å². The van der Waals surface area contributed by atoms with Gasteiger partial charge in [0.1, 0.15) is 12.2 Å². The molecule has 2 fully saturated rings. The summed E-state index contributed by atoms with van der Waals surface area (Å²) in [6, 6.07) is 0.857. The molecule has 2 aliphatic heterocycles. The molecule has 0 radical (unpaired) electrons. The third kappa shape index (κ3) is 3.15. The van der Waals surface area contributed by atoms with Crippen LogP contribution in [-0.4, -0.2) is 63.3 Å². The maximum atomic E-state index is 4.03. The second-order valence-electron chi connectivity index (χ2n) is 5.89. The van der Waals surface area contributed by atoms with Gasteiger partial charge in [-0.1, -0.05) is 0 Å². The van der Waals surface area contributed by atoms with Gasteiger partial charge in [0, 0.05) is 19.1 Å². The van der Waals surface area contributed by atoms with Gasteiger partial charge in [-0.25, -0.2) is 0 Å². The van der Waals surface area contributed by atoms with Gasteiger partial charge in [-0.2, -0.15) is 0 Å². The molecule has 0 bridgehead atoms. The molecule has 2 aliphatic rings. The molecule has 1 aromatic heterocycles. The van der Waals surface area contributed by atoms with Crippen LogP contribution in [0, 0.1) is 6.92 Å². The van der Waals surface area contributed by atoms with Crippen LogP contribution in [0.2, 0.25) is 0 Å². The third-order valence-corrected chi connectivity index (χ3v) is 4.68. The molecular weight excluding hydrogens is 238 g/mol. The van der Waals surface area contributed by atoms with E-state index in [0.717, 1.165) is 25.0 Å². The van der Waals surface area contributed by atoms with E-state index in [4.69, 9.17) is 0 Å². The SMILES string of the molecule is Cc1nncn1CCN1CCC(N2CCCC2)CC1. The summed E-state index contributed by atoms with van der Waals surface area (Å²) in [6.45, 7) is 9.35. The van der Waals surface area contributed by atoms with Crippen molar-refractivity contribution in [2.24, 2.45) is 0 Å². The van der Waals surface area contributed by atoms with Gasteiger partial charge in [0.05, 0.1) is 0 Å². The Hall–Kier alpha value is -0.940. The molecule has 0 N–H and O–H groups in total. The van der Waals surface area contributed by atoms with E-state index in [1.54, 1.807) is 0 Å². The van der Waals surface area contributed by atoms with E-state index < -0.39 is 0 Å². The van der Waals surface area contributed by atoms with Gasteiger partial charge in [-0.3, -0.25) is 0 Å². The molecule has 0 aromatic carbocycles. The van der Waals surface area contributed by atoms with Gasteiger partial charge >= 0.3 is 0 Å². The molecule has 1 aromatic rings. The van der Waals surface area contributed by atoms with Crippen LogP contribution in [0.5, 0.6) is 0 Å². The Morgan fingerprint density at radius 2 is 1.84 bits per heavy atom. The number of aromatic nitrogens is 3. The minimum Gasteiger partial charge on any atom is -0.317 e. The van der Waals surface area contributed by atoms with Gasteiger partial charge in [-0.05, 0) is 58.8 Å². The molecule has 3 heterocycles. The summed E-state index contributed by atoms with van der Waals surface area (Å²) in [6.07, 6.45) is 7.36. The average Bonchev–Trinajstić information content (AvgIpc) is 3.09. The predicted molar refractivity (Wildman–Crippen MR) is 75.0 cm³/mol. The van der Waals surface area contributed by atoms with Crippen molar-refractivity contribution in [3.05, 3.63) is 12.2 Å². The lowest BCUT2D eigenvalue weighted by Gasteiger charge is -2.36. The summed E-state index contributed by atoms with van der Waals surface area (Å²) in [7, 11) is 0. The van der Waals surface area contributed by atoms with Crippen molar-refractivity contribution in [1.82, 2.24) is 24.6 Å². The second kappa shape index (κ2) is 6.01. The van der Waals surface area contributed by atoms with E-state index >= 15 is 0 Å². The molecule has 0 atom stereocenters. The van der Waals surface area contributed by atoms with Crippen LogP contribution >= 0.6 is 0 Å². The predicted octanol–water partition coefficient (Wildman–Crippen LogP) is 1.15. The number of rotatable bonds is 4. The summed E-state index contributed by atoms with van der Waals surface area (Å²) in [4.78, 5) is 5.30. The fourth-order valence-corrected chi connectivity index (χ4v) is 3.40. The Balaban J connectivity index is 1.41. The van der Waals surface area contributed by atoms with Crippen molar-refractivity contribution in [3.63, 3.8) is 0 Å². The number of hydrogen-bond acceptors (Lipinski definition) is 4. The highest BCUT2D eigenvalue weighted by Crippen LogP contribution is 2.20. The third-order valence-electron chi connectivity index (χ3n) is 4.68. The van der Waals surface area contributed by atoms with Crippen LogP contribution in [0.15, 0.2) is 6.33 Å². The summed E-state index contributed by atoms with van der Waals surface area (Å²) >= 11 is 0. The molecule has 0 aliphatic carbocycles. The first-order valence-corrected chi connectivity index (χ1v) is 7.64. The lowest BCUT2D eigenvalue weighted by Crippen LogP contribution is -2.44. The monoisotopic (exact) mass is 263 g/mol. The topological polar surface area (TPSA) is 37.2 Å². The molecule has 0 saturated carbocycles. The van der Waals surface area contributed by atoms with Gasteiger partial charge < -0.3 is 14.4 Å². The molecule has 0 unspecified atom stereocenters. The van der Waals surface area contributed by atoms with Crippen LogP contribution in [0.4, 0.5) is 0 Å². The van der Waals surface area contributed by atoms with Gasteiger partial charge in [0.2, 0.25) is 0 Å². The first-order valence-electron chi connectivity index (χ1n) is 7.64. The van der Waals surface area contributed by atoms with E-state index in [0.29, 0.717) is 0 Å². The first-order chi connectivity index (χ1) is 9.33. The Kier molecular flexibility index (Phi) is 4.13. The quantitative estimate of drug-likeness (QED) is 0.816. The van der Waals surface area contributed by atoms with Crippen LogP contribution in [0.3, 0.4) is 0 Å². The highest BCUT2D eigenvalue weighted by Gasteiger charge is 2.26. The fraction of sp³-hybridized carbons (Fsp3) is 0.857. The molecule has 19 heavy (non-hydrogen) atoms. The molecular formula is C14H25N5. The molecule has 5 nitrogen and oxygen atoms in total. The zero-order chi connectivity index (χ0) is 13.1. The van der Waals surface area contributed by atoms with E-state index in [2.05, 4.69) is 24.6 Å². The largest absolute Gasteiger partial charge is 0.317 e. The second-order valence-corrected chi connectivity index (χ2v) is 5.89. The number of nitrogens with zero attached hydrogens (tertiary/aromatic N) is 5. The van der Waals surface area contributed by atoms with Crippen LogP contribution in [-0.2, 0) is 6.54 Å². The molecule has 0 spiro atoms. The van der Waals surface area contributed by atoms with E-state index in [1.807, 2.05) is 13.3 Å². The Bertz CT molecular complexity index is 388. The van der Waals surface area contributed by atoms with Crippen molar-refractivity contribution < 1.29 is 0 Å². The smallest absolute Gasteiger partial charge is 0.129 e. The maximum Gasteiger partial charge on any atom is 0.129 e. The maximum absolute atomic E-state index is 4.03. The van der Waals surface area contributed by atoms with Crippen LogP contribution in [0.25, 0.3) is 0 Å². The zero-order valence-electron chi connectivity index (χ0n) is 12.0.